The number of carbonyl (C=O) groups is 1. The molecule has 0 radical (unpaired) electrons. The summed E-state index contributed by atoms with van der Waals surface area (Å²) in [6.45, 7) is 3.40. The Hall–Kier alpha value is -2.75. The molecule has 4 rings (SSSR count). The number of fused-ring (bicyclic) bond motifs is 2. The van der Waals surface area contributed by atoms with Gasteiger partial charge in [0.25, 0.3) is 10.0 Å². The minimum absolute atomic E-state index is 0.0173. The molecule has 0 saturated carbocycles. The zero-order valence-electron chi connectivity index (χ0n) is 15.3. The average Bonchev–Trinajstić information content (AvgIpc) is 3.13. The van der Waals surface area contributed by atoms with Gasteiger partial charge in [-0.15, -0.1) is 23.1 Å². The lowest BCUT2D eigenvalue weighted by atomic mass is 9.94. The summed E-state index contributed by atoms with van der Waals surface area (Å²) in [5, 5.41) is 9.95. The Morgan fingerprint density at radius 3 is 2.63 bits per heavy atom. The molecule has 0 aliphatic heterocycles. The summed E-state index contributed by atoms with van der Waals surface area (Å²) in [6.07, 6.45) is 1.41. The Bertz CT molecular complexity index is 1370. The van der Waals surface area contributed by atoms with Crippen molar-refractivity contribution in [2.75, 3.05) is 5.75 Å². The molecule has 1 aliphatic rings. The number of halogens is 1. The molecule has 1 aliphatic carbocycles. The average molecular weight is 460 g/mol. The van der Waals surface area contributed by atoms with E-state index in [1.807, 2.05) is 0 Å². The van der Waals surface area contributed by atoms with E-state index in [1.54, 1.807) is 24.3 Å². The van der Waals surface area contributed by atoms with Crippen molar-refractivity contribution in [3.8, 4) is 0 Å². The number of carbonyl (C=O) groups excluding carboxylic acids is 1. The number of thiophene rings is 1. The Morgan fingerprint density at radius 2 is 1.90 bits per heavy atom. The van der Waals surface area contributed by atoms with Crippen molar-refractivity contribution in [3.63, 3.8) is 0 Å². The van der Waals surface area contributed by atoms with Gasteiger partial charge in [-0.2, -0.15) is 12.8 Å². The van der Waals surface area contributed by atoms with Gasteiger partial charge in [0.15, 0.2) is 5.78 Å². The largest absolute Gasteiger partial charge is 0.512 e. The van der Waals surface area contributed by atoms with Crippen LogP contribution in [0.25, 0.3) is 10.1 Å². The summed E-state index contributed by atoms with van der Waals surface area (Å²) in [5.74, 6) is -0.724. The van der Waals surface area contributed by atoms with Crippen LogP contribution in [0.15, 0.2) is 80.5 Å². The van der Waals surface area contributed by atoms with E-state index in [4.69, 9.17) is 0 Å². The molecule has 1 heterocycles. The van der Waals surface area contributed by atoms with Gasteiger partial charge in [0.05, 0.1) is 22.1 Å². The summed E-state index contributed by atoms with van der Waals surface area (Å²) in [5.41, 5.74) is 0.865. The Balaban J connectivity index is 1.82. The van der Waals surface area contributed by atoms with Crippen LogP contribution in [0.5, 0.6) is 0 Å². The third kappa shape index (κ3) is 3.96. The van der Waals surface area contributed by atoms with Crippen LogP contribution in [0.3, 0.4) is 0 Å². The molecule has 152 valence electrons. The van der Waals surface area contributed by atoms with Gasteiger partial charge in [0.2, 0.25) is 0 Å². The van der Waals surface area contributed by atoms with Crippen molar-refractivity contribution in [1.82, 2.24) is 0 Å². The molecule has 5 nitrogen and oxygen atoms in total. The lowest BCUT2D eigenvalue weighted by Crippen LogP contribution is -2.17. The second kappa shape index (κ2) is 7.82. The van der Waals surface area contributed by atoms with Crippen LogP contribution in [-0.2, 0) is 10.0 Å². The summed E-state index contributed by atoms with van der Waals surface area (Å²) in [7, 11) is -4.10. The minimum atomic E-state index is -4.10. The second-order valence-electron chi connectivity index (χ2n) is 6.44. The number of rotatable bonds is 5. The first-order chi connectivity index (χ1) is 14.2. The van der Waals surface area contributed by atoms with Crippen molar-refractivity contribution in [2.24, 2.45) is 4.40 Å². The van der Waals surface area contributed by atoms with Crippen molar-refractivity contribution in [3.05, 3.63) is 88.8 Å². The van der Waals surface area contributed by atoms with Gasteiger partial charge < -0.3 is 5.11 Å². The molecule has 1 N–H and O–H groups in total. The van der Waals surface area contributed by atoms with Gasteiger partial charge in [-0.05, 0) is 29.7 Å². The number of aliphatic hydroxyl groups is 1. The number of ketones is 1. The highest BCUT2D eigenvalue weighted by atomic mass is 32.2. The van der Waals surface area contributed by atoms with Crippen LogP contribution >= 0.6 is 23.1 Å². The molecule has 2 aromatic carbocycles. The van der Waals surface area contributed by atoms with Crippen LogP contribution < -0.4 is 0 Å². The number of allylic oxidation sites excluding steroid dienone is 2. The highest BCUT2D eigenvalue weighted by Crippen LogP contribution is 2.33. The van der Waals surface area contributed by atoms with Gasteiger partial charge in [-0.3, -0.25) is 4.79 Å². The summed E-state index contributed by atoms with van der Waals surface area (Å²) >= 11 is 1.99. The van der Waals surface area contributed by atoms with Crippen molar-refractivity contribution in [2.45, 2.75) is 4.21 Å². The lowest BCUT2D eigenvalue weighted by Gasteiger charge is -2.16. The molecule has 30 heavy (non-hydrogen) atoms. The van der Waals surface area contributed by atoms with E-state index in [0.717, 1.165) is 23.1 Å². The molecular weight excluding hydrogens is 445 g/mol. The van der Waals surface area contributed by atoms with Crippen LogP contribution in [-0.4, -0.2) is 30.8 Å². The van der Waals surface area contributed by atoms with E-state index in [2.05, 4.69) is 11.0 Å². The summed E-state index contributed by atoms with van der Waals surface area (Å²) in [4.78, 5) is 13.0. The van der Waals surface area contributed by atoms with Crippen molar-refractivity contribution in [1.29, 1.82) is 0 Å². The Kier molecular flexibility index (Phi) is 5.35. The van der Waals surface area contributed by atoms with Crippen LogP contribution in [0.4, 0.5) is 4.39 Å². The van der Waals surface area contributed by atoms with Crippen molar-refractivity contribution < 1.29 is 22.7 Å². The second-order valence-corrected chi connectivity index (χ2v) is 10.4. The van der Waals surface area contributed by atoms with Gasteiger partial charge in [-0.1, -0.05) is 36.9 Å². The monoisotopic (exact) mass is 459 g/mol. The normalized spacial score (nSPS) is 15.3. The number of aliphatic hydroxyl groups excluding tert-OH is 1. The van der Waals surface area contributed by atoms with Gasteiger partial charge in [0, 0.05) is 15.8 Å². The number of Topliss-reactive ketones (excluding diaryl/α,β-unsaturated/α-hetero) is 1. The third-order valence-corrected chi connectivity index (χ3v) is 8.20. The molecule has 9 heteroatoms. The molecule has 0 bridgehead atoms. The summed E-state index contributed by atoms with van der Waals surface area (Å²) < 4.78 is 43.9. The predicted molar refractivity (Wildman–Crippen MR) is 119 cm³/mol. The first-order valence-corrected chi connectivity index (χ1v) is 11.9. The number of benzene rings is 2. The summed E-state index contributed by atoms with van der Waals surface area (Å²) in [6, 6.07) is 12.1. The van der Waals surface area contributed by atoms with Crippen LogP contribution in [0.1, 0.15) is 15.9 Å². The first-order valence-electron chi connectivity index (χ1n) is 8.64. The molecule has 0 unspecified atom stereocenters. The molecule has 1 aromatic heterocycles. The molecule has 0 atom stereocenters. The molecule has 3 aromatic rings. The molecule has 0 spiro atoms. The zero-order chi connectivity index (χ0) is 21.5. The number of thioether (sulfide) groups is 1. The highest BCUT2D eigenvalue weighted by molar-refractivity contribution is 8.04. The Labute approximate surface area is 180 Å². The maximum Gasteiger partial charge on any atom is 0.292 e. The number of sulfonamides is 1. The number of nitrogens with zero attached hydrogens (tertiary/aromatic N) is 1. The third-order valence-electron chi connectivity index (χ3n) is 4.27. The Morgan fingerprint density at radius 1 is 1.17 bits per heavy atom. The van der Waals surface area contributed by atoms with E-state index in [-0.39, 0.29) is 32.1 Å². The lowest BCUT2D eigenvalue weighted by molar-refractivity contribution is 0.104. The van der Waals surface area contributed by atoms with E-state index in [1.165, 1.54) is 30.3 Å². The quantitative estimate of drug-likeness (QED) is 0.537. The predicted octanol–water partition coefficient (Wildman–Crippen LogP) is 5.10. The van der Waals surface area contributed by atoms with E-state index >= 15 is 0 Å². The van der Waals surface area contributed by atoms with Gasteiger partial charge >= 0.3 is 0 Å². The van der Waals surface area contributed by atoms with Gasteiger partial charge in [-0.25, -0.2) is 4.39 Å². The highest BCUT2D eigenvalue weighted by Gasteiger charge is 2.27. The smallest absolute Gasteiger partial charge is 0.292 e. The zero-order valence-corrected chi connectivity index (χ0v) is 17.8. The molecule has 0 fully saturated rings. The molecular formula is C21H14FNO4S3. The fourth-order valence-electron chi connectivity index (χ4n) is 2.93. The van der Waals surface area contributed by atoms with E-state index in [9.17, 15) is 22.7 Å². The maximum atomic E-state index is 13.5. The minimum Gasteiger partial charge on any atom is -0.512 e. The van der Waals surface area contributed by atoms with Crippen LogP contribution in [0, 0.1) is 5.82 Å². The number of hydrogen-bond acceptors (Lipinski definition) is 6. The van der Waals surface area contributed by atoms with Crippen molar-refractivity contribution >= 4 is 54.7 Å². The topological polar surface area (TPSA) is 83.8 Å². The SMILES string of the molecule is C=C(O)CSC1=C/C(=N\S(=O)(=O)c2cc3ccc(F)cc3s2)c2ccccc2C1=O. The van der Waals surface area contributed by atoms with Crippen LogP contribution in [0.2, 0.25) is 0 Å². The maximum absolute atomic E-state index is 13.5. The molecule has 0 saturated heterocycles. The standard InChI is InChI=1S/C21H14FNO4S3/c1-12(24)11-28-19-10-17(15-4-2-3-5-16(15)21(19)25)23-30(26,27)20-8-13-6-7-14(22)9-18(13)29-20/h2-10,24H,1,11H2/b23-17+. The number of hydrogen-bond donors (Lipinski definition) is 1. The van der Waals surface area contributed by atoms with Gasteiger partial charge in [0.1, 0.15) is 10.0 Å². The van der Waals surface area contributed by atoms with E-state index in [0.29, 0.717) is 21.2 Å². The molecule has 0 amide bonds. The first kappa shape index (κ1) is 20.5. The fraction of sp³-hybridized carbons (Fsp3) is 0.0476. The fourth-order valence-corrected chi connectivity index (χ4v) is 6.09. The van der Waals surface area contributed by atoms with E-state index < -0.39 is 15.8 Å².